The van der Waals surface area contributed by atoms with Gasteiger partial charge in [-0.05, 0) is 19.8 Å². The summed E-state index contributed by atoms with van der Waals surface area (Å²) in [6.45, 7) is 3.11. The number of thiazole rings is 1. The topological polar surface area (TPSA) is 77.5 Å². The van der Waals surface area contributed by atoms with Crippen LogP contribution in [0.5, 0.6) is 0 Å². The molecule has 2 heterocycles. The Labute approximate surface area is 127 Å². The van der Waals surface area contributed by atoms with Crippen molar-refractivity contribution in [3.8, 4) is 0 Å². The van der Waals surface area contributed by atoms with Crippen molar-refractivity contribution in [2.24, 2.45) is 0 Å². The Morgan fingerprint density at radius 3 is 3.00 bits per heavy atom. The fourth-order valence-corrected chi connectivity index (χ4v) is 3.16. The van der Waals surface area contributed by atoms with E-state index in [2.05, 4.69) is 15.0 Å². The second-order valence-corrected chi connectivity index (χ2v) is 6.23. The van der Waals surface area contributed by atoms with Crippen molar-refractivity contribution in [2.75, 3.05) is 20.3 Å². The number of rotatable bonds is 6. The number of esters is 1. The third kappa shape index (κ3) is 4.50. The molecule has 7 heteroatoms. The predicted octanol–water partition coefficient (Wildman–Crippen LogP) is 1.47. The van der Waals surface area contributed by atoms with Crippen LogP contribution < -0.4 is 5.32 Å². The summed E-state index contributed by atoms with van der Waals surface area (Å²) in [6.07, 6.45) is 3.09. The number of nitrogens with zero attached hydrogens (tertiary/aromatic N) is 1. The Balaban J connectivity index is 1.75. The van der Waals surface area contributed by atoms with Crippen molar-refractivity contribution in [3.05, 3.63) is 15.6 Å². The van der Waals surface area contributed by atoms with Gasteiger partial charge in [-0.1, -0.05) is 0 Å². The maximum atomic E-state index is 11.7. The molecule has 1 amide bonds. The fourth-order valence-electron chi connectivity index (χ4n) is 2.24. The molecular formula is C14H20N2O4S. The highest BCUT2D eigenvalue weighted by Gasteiger charge is 2.19. The van der Waals surface area contributed by atoms with Gasteiger partial charge in [0.1, 0.15) is 0 Å². The minimum atomic E-state index is -0.419. The standard InChI is InChI=1S/C14H20N2O4S/c1-9-13(14(18)19-2)16-12(21-9)5-6-15-11(17)8-10-4-3-7-20-10/h10H,3-8H2,1-2H3,(H,15,17). The number of hydrogen-bond donors (Lipinski definition) is 1. The van der Waals surface area contributed by atoms with Gasteiger partial charge in [-0.25, -0.2) is 9.78 Å². The molecule has 0 aromatic carbocycles. The Morgan fingerprint density at radius 2 is 2.33 bits per heavy atom. The van der Waals surface area contributed by atoms with Crippen molar-refractivity contribution in [3.63, 3.8) is 0 Å². The van der Waals surface area contributed by atoms with Crippen molar-refractivity contribution >= 4 is 23.2 Å². The minimum absolute atomic E-state index is 0.00312. The minimum Gasteiger partial charge on any atom is -0.464 e. The van der Waals surface area contributed by atoms with Crippen LogP contribution >= 0.6 is 11.3 Å². The van der Waals surface area contributed by atoms with Crippen LogP contribution in [0.25, 0.3) is 0 Å². The monoisotopic (exact) mass is 312 g/mol. The highest BCUT2D eigenvalue weighted by atomic mass is 32.1. The molecule has 1 aromatic heterocycles. The first kappa shape index (κ1) is 15.9. The van der Waals surface area contributed by atoms with Crippen molar-refractivity contribution in [1.82, 2.24) is 10.3 Å². The molecule has 1 unspecified atom stereocenters. The van der Waals surface area contributed by atoms with Gasteiger partial charge in [0, 0.05) is 24.4 Å². The first-order valence-electron chi connectivity index (χ1n) is 7.03. The van der Waals surface area contributed by atoms with Crippen LogP contribution in [0.4, 0.5) is 0 Å². The average molecular weight is 312 g/mol. The molecule has 1 saturated heterocycles. The quantitative estimate of drug-likeness (QED) is 0.805. The van der Waals surface area contributed by atoms with E-state index in [1.54, 1.807) is 0 Å². The summed E-state index contributed by atoms with van der Waals surface area (Å²) >= 11 is 1.45. The Bertz CT molecular complexity index is 509. The molecule has 0 spiro atoms. The van der Waals surface area contributed by atoms with Crippen LogP contribution in [0.3, 0.4) is 0 Å². The van der Waals surface area contributed by atoms with E-state index in [0.717, 1.165) is 29.3 Å². The summed E-state index contributed by atoms with van der Waals surface area (Å²) in [6, 6.07) is 0. The van der Waals surface area contributed by atoms with E-state index < -0.39 is 5.97 Å². The SMILES string of the molecule is COC(=O)c1nc(CCNC(=O)CC2CCCO2)sc1C. The van der Waals surface area contributed by atoms with E-state index >= 15 is 0 Å². The maximum Gasteiger partial charge on any atom is 0.357 e. The number of aryl methyl sites for hydroxylation is 1. The molecule has 1 aliphatic rings. The van der Waals surface area contributed by atoms with Crippen LogP contribution in [-0.2, 0) is 20.7 Å². The lowest BCUT2D eigenvalue weighted by atomic mass is 10.2. The second-order valence-electron chi connectivity index (χ2n) is 4.94. The van der Waals surface area contributed by atoms with Gasteiger partial charge in [0.05, 0.1) is 24.6 Å². The molecule has 0 aliphatic carbocycles. The Kier molecular flexibility index (Phi) is 5.69. The van der Waals surface area contributed by atoms with E-state index in [1.165, 1.54) is 18.4 Å². The van der Waals surface area contributed by atoms with Crippen molar-refractivity contribution < 1.29 is 19.1 Å². The zero-order chi connectivity index (χ0) is 15.2. The molecule has 1 N–H and O–H groups in total. The molecule has 2 rings (SSSR count). The molecule has 0 saturated carbocycles. The van der Waals surface area contributed by atoms with E-state index in [0.29, 0.717) is 25.1 Å². The van der Waals surface area contributed by atoms with Crippen molar-refractivity contribution in [2.45, 2.75) is 38.7 Å². The normalized spacial score (nSPS) is 17.7. The van der Waals surface area contributed by atoms with E-state index in [-0.39, 0.29) is 12.0 Å². The number of carbonyl (C=O) groups excluding carboxylic acids is 2. The maximum absolute atomic E-state index is 11.7. The Morgan fingerprint density at radius 1 is 1.52 bits per heavy atom. The van der Waals surface area contributed by atoms with Crippen LogP contribution in [0.1, 0.15) is 39.6 Å². The van der Waals surface area contributed by atoms with Gasteiger partial charge in [0.15, 0.2) is 5.69 Å². The predicted molar refractivity (Wildman–Crippen MR) is 78.5 cm³/mol. The number of ether oxygens (including phenoxy) is 2. The van der Waals surface area contributed by atoms with Gasteiger partial charge in [-0.3, -0.25) is 4.79 Å². The van der Waals surface area contributed by atoms with E-state index in [1.807, 2.05) is 6.92 Å². The molecule has 0 bridgehead atoms. The van der Waals surface area contributed by atoms with Crippen molar-refractivity contribution in [1.29, 1.82) is 0 Å². The number of nitrogens with one attached hydrogen (secondary N) is 1. The van der Waals surface area contributed by atoms with E-state index in [9.17, 15) is 9.59 Å². The highest BCUT2D eigenvalue weighted by Crippen LogP contribution is 2.18. The number of hydrogen-bond acceptors (Lipinski definition) is 6. The summed E-state index contributed by atoms with van der Waals surface area (Å²) < 4.78 is 10.1. The largest absolute Gasteiger partial charge is 0.464 e. The summed E-state index contributed by atoms with van der Waals surface area (Å²) in [4.78, 5) is 28.3. The lowest BCUT2D eigenvalue weighted by Crippen LogP contribution is -2.28. The van der Waals surface area contributed by atoms with Crippen LogP contribution in [-0.4, -0.2) is 43.2 Å². The van der Waals surface area contributed by atoms with Crippen LogP contribution in [0.2, 0.25) is 0 Å². The third-order valence-electron chi connectivity index (χ3n) is 3.32. The fraction of sp³-hybridized carbons (Fsp3) is 0.643. The van der Waals surface area contributed by atoms with E-state index in [4.69, 9.17) is 4.74 Å². The molecule has 1 fully saturated rings. The lowest BCUT2D eigenvalue weighted by molar-refractivity contribution is -0.123. The van der Waals surface area contributed by atoms with Gasteiger partial charge < -0.3 is 14.8 Å². The summed E-state index contributed by atoms with van der Waals surface area (Å²) in [5, 5.41) is 3.69. The summed E-state index contributed by atoms with van der Waals surface area (Å²) in [5.41, 5.74) is 0.364. The van der Waals surface area contributed by atoms with Gasteiger partial charge in [-0.2, -0.15) is 0 Å². The molecule has 0 radical (unpaired) electrons. The number of methoxy groups -OCH3 is 1. The van der Waals surface area contributed by atoms with Crippen LogP contribution in [0.15, 0.2) is 0 Å². The first-order chi connectivity index (χ1) is 10.1. The molecule has 1 atom stereocenters. The summed E-state index contributed by atoms with van der Waals surface area (Å²) in [7, 11) is 1.34. The third-order valence-corrected chi connectivity index (χ3v) is 4.35. The molecule has 116 valence electrons. The second kappa shape index (κ2) is 7.51. The zero-order valence-electron chi connectivity index (χ0n) is 12.3. The number of carbonyl (C=O) groups is 2. The zero-order valence-corrected chi connectivity index (χ0v) is 13.1. The first-order valence-corrected chi connectivity index (χ1v) is 7.84. The Hall–Kier alpha value is -1.47. The number of aromatic nitrogens is 1. The highest BCUT2D eigenvalue weighted by molar-refractivity contribution is 7.11. The molecule has 21 heavy (non-hydrogen) atoms. The van der Waals surface area contributed by atoms with Gasteiger partial charge in [-0.15, -0.1) is 11.3 Å². The molecular weight excluding hydrogens is 292 g/mol. The van der Waals surface area contributed by atoms with Gasteiger partial charge in [0.25, 0.3) is 0 Å². The number of amides is 1. The molecule has 6 nitrogen and oxygen atoms in total. The van der Waals surface area contributed by atoms with Gasteiger partial charge in [0.2, 0.25) is 5.91 Å². The lowest BCUT2D eigenvalue weighted by Gasteiger charge is -2.09. The molecule has 1 aromatic rings. The van der Waals surface area contributed by atoms with Crippen LogP contribution in [0, 0.1) is 6.92 Å². The van der Waals surface area contributed by atoms with Gasteiger partial charge >= 0.3 is 5.97 Å². The molecule has 1 aliphatic heterocycles. The average Bonchev–Trinajstić information content (AvgIpc) is 3.08. The summed E-state index contributed by atoms with van der Waals surface area (Å²) in [5.74, 6) is -0.416. The smallest absolute Gasteiger partial charge is 0.357 e.